The zero-order valence-corrected chi connectivity index (χ0v) is 14.9. The van der Waals surface area contributed by atoms with E-state index in [2.05, 4.69) is 32.4 Å². The molecule has 1 amide bonds. The molecule has 0 radical (unpaired) electrons. The van der Waals surface area contributed by atoms with E-state index in [0.29, 0.717) is 12.4 Å². The molecule has 0 fully saturated rings. The van der Waals surface area contributed by atoms with Gasteiger partial charge in [-0.1, -0.05) is 26.0 Å². The molecule has 0 unspecified atom stereocenters. The van der Waals surface area contributed by atoms with E-state index in [9.17, 15) is 4.79 Å². The minimum atomic E-state index is -0.0426. The molecule has 0 spiro atoms. The van der Waals surface area contributed by atoms with Gasteiger partial charge in [-0.25, -0.2) is 4.98 Å². The van der Waals surface area contributed by atoms with Gasteiger partial charge < -0.3 is 5.32 Å². The maximum Gasteiger partial charge on any atom is 0.239 e. The predicted molar refractivity (Wildman–Crippen MR) is 100 cm³/mol. The van der Waals surface area contributed by atoms with E-state index >= 15 is 0 Å². The third kappa shape index (κ3) is 4.03. The van der Waals surface area contributed by atoms with Gasteiger partial charge in [-0.3, -0.25) is 14.4 Å². The third-order valence-electron chi connectivity index (χ3n) is 4.29. The van der Waals surface area contributed by atoms with Gasteiger partial charge in [0, 0.05) is 30.4 Å². The smallest absolute Gasteiger partial charge is 0.239 e. The molecule has 1 aromatic carbocycles. The lowest BCUT2D eigenvalue weighted by Gasteiger charge is -2.17. The Morgan fingerprint density at radius 3 is 2.60 bits per heavy atom. The van der Waals surface area contributed by atoms with Crippen LogP contribution in [0.1, 0.15) is 13.8 Å². The first-order valence-corrected chi connectivity index (χ1v) is 8.50. The van der Waals surface area contributed by atoms with Gasteiger partial charge in [0.05, 0.1) is 12.7 Å². The monoisotopic (exact) mass is 337 g/mol. The summed E-state index contributed by atoms with van der Waals surface area (Å²) in [6.45, 7) is 6.17. The third-order valence-corrected chi connectivity index (χ3v) is 4.29. The summed E-state index contributed by atoms with van der Waals surface area (Å²) in [4.78, 5) is 18.6. The Balaban J connectivity index is 1.82. The molecule has 2 aromatic heterocycles. The van der Waals surface area contributed by atoms with Gasteiger partial charge in [0.25, 0.3) is 0 Å². The van der Waals surface area contributed by atoms with Gasteiger partial charge in [0.15, 0.2) is 0 Å². The molecule has 0 saturated heterocycles. The second kappa shape index (κ2) is 7.44. The summed E-state index contributed by atoms with van der Waals surface area (Å²) >= 11 is 0. The van der Waals surface area contributed by atoms with Crippen molar-refractivity contribution >= 4 is 22.5 Å². The van der Waals surface area contributed by atoms with Gasteiger partial charge >= 0.3 is 0 Å². The summed E-state index contributed by atoms with van der Waals surface area (Å²) in [6, 6.07) is 8.09. The SMILES string of the molecule is CCN(CC)CC(=O)Nc1cc2cc(-c3cnn(C)c3)ccc2cn1. The maximum atomic E-state index is 12.2. The molecule has 3 rings (SSSR count). The van der Waals surface area contributed by atoms with Gasteiger partial charge in [-0.15, -0.1) is 0 Å². The van der Waals surface area contributed by atoms with Crippen molar-refractivity contribution in [3.05, 3.63) is 42.9 Å². The number of nitrogens with zero attached hydrogens (tertiary/aromatic N) is 4. The van der Waals surface area contributed by atoms with E-state index in [1.807, 2.05) is 45.4 Å². The number of carbonyl (C=O) groups excluding carboxylic acids is 1. The van der Waals surface area contributed by atoms with Crippen LogP contribution in [0.15, 0.2) is 42.9 Å². The summed E-state index contributed by atoms with van der Waals surface area (Å²) < 4.78 is 1.78. The van der Waals surface area contributed by atoms with Crippen molar-refractivity contribution in [1.82, 2.24) is 19.7 Å². The standard InChI is InChI=1S/C19H23N5O/c1-4-24(5-2)13-19(25)22-18-9-16-8-14(6-7-15(16)10-20-18)17-11-21-23(3)12-17/h6-12H,4-5,13H2,1-3H3,(H,20,22,25). The maximum absolute atomic E-state index is 12.2. The second-order valence-corrected chi connectivity index (χ2v) is 6.04. The van der Waals surface area contributed by atoms with Crippen LogP contribution in [0.5, 0.6) is 0 Å². The highest BCUT2D eigenvalue weighted by Crippen LogP contribution is 2.25. The van der Waals surface area contributed by atoms with Crippen LogP contribution in [0.3, 0.4) is 0 Å². The van der Waals surface area contributed by atoms with Crippen LogP contribution < -0.4 is 5.32 Å². The molecule has 3 aromatic rings. The number of hydrogen-bond donors (Lipinski definition) is 1. The number of amides is 1. The van der Waals surface area contributed by atoms with Crippen molar-refractivity contribution in [2.75, 3.05) is 25.0 Å². The second-order valence-electron chi connectivity index (χ2n) is 6.04. The number of nitrogens with one attached hydrogen (secondary N) is 1. The summed E-state index contributed by atoms with van der Waals surface area (Å²) in [6.07, 6.45) is 5.61. The molecule has 0 aliphatic heterocycles. The highest BCUT2D eigenvalue weighted by molar-refractivity contribution is 5.94. The highest BCUT2D eigenvalue weighted by atomic mass is 16.2. The topological polar surface area (TPSA) is 63.1 Å². The fourth-order valence-corrected chi connectivity index (χ4v) is 2.79. The number of rotatable bonds is 6. The number of fused-ring (bicyclic) bond motifs is 1. The Kier molecular flexibility index (Phi) is 5.09. The number of hydrogen-bond acceptors (Lipinski definition) is 4. The van der Waals surface area contributed by atoms with Crippen LogP contribution in [0.4, 0.5) is 5.82 Å². The first-order chi connectivity index (χ1) is 12.1. The van der Waals surface area contributed by atoms with E-state index in [1.54, 1.807) is 10.9 Å². The summed E-state index contributed by atoms with van der Waals surface area (Å²) in [5, 5.41) is 9.18. The van der Waals surface area contributed by atoms with Crippen LogP contribution in [0, 0.1) is 0 Å². The Labute approximate surface area is 147 Å². The zero-order chi connectivity index (χ0) is 17.8. The van der Waals surface area contributed by atoms with Gasteiger partial charge in [-0.2, -0.15) is 5.10 Å². The number of aromatic nitrogens is 3. The Bertz CT molecular complexity index is 882. The van der Waals surface area contributed by atoms with E-state index < -0.39 is 0 Å². The Morgan fingerprint density at radius 1 is 1.12 bits per heavy atom. The van der Waals surface area contributed by atoms with Crippen molar-refractivity contribution in [3.8, 4) is 11.1 Å². The molecule has 25 heavy (non-hydrogen) atoms. The summed E-state index contributed by atoms with van der Waals surface area (Å²) in [5.74, 6) is 0.534. The number of likely N-dealkylation sites (N-methyl/N-ethyl adjacent to an activating group) is 1. The van der Waals surface area contributed by atoms with Crippen LogP contribution in [0.2, 0.25) is 0 Å². The van der Waals surface area contributed by atoms with E-state index in [-0.39, 0.29) is 5.91 Å². The molecule has 0 aliphatic rings. The summed E-state index contributed by atoms with van der Waals surface area (Å²) in [5.41, 5.74) is 2.15. The number of carbonyl (C=O) groups is 1. The molecular formula is C19H23N5O. The number of aryl methyl sites for hydroxylation is 1. The zero-order valence-electron chi connectivity index (χ0n) is 14.9. The number of pyridine rings is 1. The van der Waals surface area contributed by atoms with Crippen molar-refractivity contribution < 1.29 is 4.79 Å². The molecule has 2 heterocycles. The van der Waals surface area contributed by atoms with E-state index in [0.717, 1.165) is 35.0 Å². The molecule has 130 valence electrons. The first kappa shape index (κ1) is 17.1. The van der Waals surface area contributed by atoms with Gasteiger partial charge in [-0.05, 0) is 36.2 Å². The van der Waals surface area contributed by atoms with Crippen LogP contribution in [-0.4, -0.2) is 45.2 Å². The van der Waals surface area contributed by atoms with E-state index in [1.165, 1.54) is 0 Å². The van der Waals surface area contributed by atoms with Gasteiger partial charge in [0.2, 0.25) is 5.91 Å². The van der Waals surface area contributed by atoms with Crippen molar-refractivity contribution in [2.45, 2.75) is 13.8 Å². The Morgan fingerprint density at radius 2 is 1.92 bits per heavy atom. The molecule has 1 N–H and O–H groups in total. The fraction of sp³-hybridized carbons (Fsp3) is 0.316. The molecule has 0 atom stereocenters. The quantitative estimate of drug-likeness (QED) is 0.751. The first-order valence-electron chi connectivity index (χ1n) is 8.50. The average Bonchev–Trinajstić information content (AvgIpc) is 3.05. The molecule has 6 nitrogen and oxygen atoms in total. The minimum absolute atomic E-state index is 0.0426. The van der Waals surface area contributed by atoms with Crippen LogP contribution in [0.25, 0.3) is 21.9 Å². The van der Waals surface area contributed by atoms with Crippen molar-refractivity contribution in [2.24, 2.45) is 7.05 Å². The molecule has 6 heteroatoms. The van der Waals surface area contributed by atoms with Crippen molar-refractivity contribution in [3.63, 3.8) is 0 Å². The van der Waals surface area contributed by atoms with Gasteiger partial charge in [0.1, 0.15) is 5.82 Å². The minimum Gasteiger partial charge on any atom is -0.310 e. The average molecular weight is 337 g/mol. The molecule has 0 saturated carbocycles. The lowest BCUT2D eigenvalue weighted by molar-refractivity contribution is -0.117. The van der Waals surface area contributed by atoms with Crippen LogP contribution in [-0.2, 0) is 11.8 Å². The normalized spacial score (nSPS) is 11.2. The lowest BCUT2D eigenvalue weighted by atomic mass is 10.1. The largest absolute Gasteiger partial charge is 0.310 e. The highest BCUT2D eigenvalue weighted by Gasteiger charge is 2.09. The lowest BCUT2D eigenvalue weighted by Crippen LogP contribution is -2.33. The number of benzene rings is 1. The van der Waals surface area contributed by atoms with Crippen LogP contribution >= 0.6 is 0 Å². The fourth-order valence-electron chi connectivity index (χ4n) is 2.79. The number of anilines is 1. The molecular weight excluding hydrogens is 314 g/mol. The molecule has 0 bridgehead atoms. The predicted octanol–water partition coefficient (Wildman–Crippen LogP) is 2.92. The van der Waals surface area contributed by atoms with Crippen molar-refractivity contribution in [1.29, 1.82) is 0 Å². The summed E-state index contributed by atoms with van der Waals surface area (Å²) in [7, 11) is 1.90. The molecule has 0 aliphatic carbocycles. The Hall–Kier alpha value is -2.73. The van der Waals surface area contributed by atoms with E-state index in [4.69, 9.17) is 0 Å².